The van der Waals surface area contributed by atoms with Crippen LogP contribution in [-0.4, -0.2) is 14.8 Å². The highest BCUT2D eigenvalue weighted by Crippen LogP contribution is 2.27. The summed E-state index contributed by atoms with van der Waals surface area (Å²) in [4.78, 5) is 7.49. The maximum atomic E-state index is 12.4. The molecule has 0 saturated heterocycles. The molecular formula is C11H14BrF3N2. The molecule has 0 aromatic carbocycles. The van der Waals surface area contributed by atoms with Crippen LogP contribution in [0.25, 0.3) is 0 Å². The summed E-state index contributed by atoms with van der Waals surface area (Å²) in [6.45, 7) is 4.11. The van der Waals surface area contributed by atoms with Gasteiger partial charge in [-0.25, -0.2) is 9.97 Å². The van der Waals surface area contributed by atoms with Crippen molar-refractivity contribution >= 4 is 15.9 Å². The fourth-order valence-corrected chi connectivity index (χ4v) is 2.49. The zero-order valence-corrected chi connectivity index (χ0v) is 11.2. The second-order valence-electron chi connectivity index (χ2n) is 4.29. The summed E-state index contributed by atoms with van der Waals surface area (Å²) in [6.07, 6.45) is -1.97. The predicted octanol–water partition coefficient (Wildman–Crippen LogP) is 3.85. The van der Waals surface area contributed by atoms with Crippen LogP contribution in [0.4, 0.5) is 13.2 Å². The Hall–Kier alpha value is -0.650. The molecule has 0 bridgehead atoms. The maximum Gasteiger partial charge on any atom is 0.433 e. The number of alkyl halides is 4. The average Bonchev–Trinajstić information content (AvgIpc) is 2.15. The van der Waals surface area contributed by atoms with Gasteiger partial charge < -0.3 is 0 Å². The van der Waals surface area contributed by atoms with Crippen molar-refractivity contribution in [1.29, 1.82) is 0 Å². The molecule has 0 fully saturated rings. The van der Waals surface area contributed by atoms with Crippen molar-refractivity contribution in [3.8, 4) is 0 Å². The lowest BCUT2D eigenvalue weighted by Gasteiger charge is -2.12. The molecule has 0 aliphatic heterocycles. The van der Waals surface area contributed by atoms with E-state index in [0.29, 0.717) is 12.3 Å². The Balaban J connectivity index is 2.72. The second kappa shape index (κ2) is 5.80. The average molecular weight is 311 g/mol. The van der Waals surface area contributed by atoms with Gasteiger partial charge in [0.25, 0.3) is 0 Å². The van der Waals surface area contributed by atoms with Crippen LogP contribution in [0.5, 0.6) is 0 Å². The van der Waals surface area contributed by atoms with Gasteiger partial charge in [-0.3, -0.25) is 0 Å². The summed E-state index contributed by atoms with van der Waals surface area (Å²) in [7, 11) is 0. The molecule has 96 valence electrons. The largest absolute Gasteiger partial charge is 0.433 e. The molecule has 1 atom stereocenters. The summed E-state index contributed by atoms with van der Waals surface area (Å²) >= 11 is 3.43. The van der Waals surface area contributed by atoms with E-state index in [0.717, 1.165) is 18.7 Å². The molecule has 0 aliphatic rings. The molecule has 0 amide bonds. The van der Waals surface area contributed by atoms with E-state index in [4.69, 9.17) is 0 Å². The Morgan fingerprint density at radius 1 is 1.35 bits per heavy atom. The van der Waals surface area contributed by atoms with E-state index in [2.05, 4.69) is 39.7 Å². The van der Waals surface area contributed by atoms with Crippen LogP contribution < -0.4 is 0 Å². The van der Waals surface area contributed by atoms with E-state index >= 15 is 0 Å². The second-order valence-corrected chi connectivity index (χ2v) is 5.58. The van der Waals surface area contributed by atoms with E-state index in [1.54, 1.807) is 0 Å². The van der Waals surface area contributed by atoms with Gasteiger partial charge >= 0.3 is 6.18 Å². The van der Waals surface area contributed by atoms with Gasteiger partial charge in [0.1, 0.15) is 11.5 Å². The Morgan fingerprint density at radius 2 is 2.00 bits per heavy atom. The fourth-order valence-electron chi connectivity index (χ4n) is 1.45. The molecule has 6 heteroatoms. The quantitative estimate of drug-likeness (QED) is 0.789. The first-order valence-corrected chi connectivity index (χ1v) is 6.23. The van der Waals surface area contributed by atoms with Crippen molar-refractivity contribution in [2.75, 3.05) is 0 Å². The zero-order chi connectivity index (χ0) is 13.1. The number of rotatable bonds is 4. The normalized spacial score (nSPS) is 14.1. The topological polar surface area (TPSA) is 25.8 Å². The number of nitrogens with zero attached hydrogens (tertiary/aromatic N) is 2. The fraction of sp³-hybridized carbons (Fsp3) is 0.636. The molecule has 1 heterocycles. The summed E-state index contributed by atoms with van der Waals surface area (Å²) in [6, 6.07) is 0.884. The van der Waals surface area contributed by atoms with E-state index in [-0.39, 0.29) is 10.7 Å². The summed E-state index contributed by atoms with van der Waals surface area (Å²) in [5.41, 5.74) is -0.883. The van der Waals surface area contributed by atoms with Crippen molar-refractivity contribution in [2.24, 2.45) is 5.92 Å². The predicted molar refractivity (Wildman–Crippen MR) is 62.9 cm³/mol. The highest BCUT2D eigenvalue weighted by Gasteiger charge is 2.32. The van der Waals surface area contributed by atoms with Crippen molar-refractivity contribution in [3.63, 3.8) is 0 Å². The SMILES string of the molecule is CC(C)CC(Br)Cc1nccc(C(F)(F)F)n1. The molecular weight excluding hydrogens is 297 g/mol. The summed E-state index contributed by atoms with van der Waals surface area (Å²) in [5, 5.41) is 0. The lowest BCUT2D eigenvalue weighted by Crippen LogP contribution is -2.14. The summed E-state index contributed by atoms with van der Waals surface area (Å²) < 4.78 is 37.2. The molecule has 1 rings (SSSR count). The van der Waals surface area contributed by atoms with Crippen LogP contribution in [0, 0.1) is 5.92 Å². The van der Waals surface area contributed by atoms with Crippen LogP contribution in [0.3, 0.4) is 0 Å². The number of halogens is 4. The third kappa shape index (κ3) is 5.02. The monoisotopic (exact) mass is 310 g/mol. The van der Waals surface area contributed by atoms with Crippen LogP contribution in [0.2, 0.25) is 0 Å². The minimum atomic E-state index is -4.41. The van der Waals surface area contributed by atoms with Crippen LogP contribution in [0.1, 0.15) is 31.8 Å². The smallest absolute Gasteiger partial charge is 0.241 e. The van der Waals surface area contributed by atoms with Crippen molar-refractivity contribution in [1.82, 2.24) is 9.97 Å². The molecule has 17 heavy (non-hydrogen) atoms. The van der Waals surface area contributed by atoms with E-state index in [9.17, 15) is 13.2 Å². The van der Waals surface area contributed by atoms with E-state index in [1.165, 1.54) is 0 Å². The molecule has 2 nitrogen and oxygen atoms in total. The highest BCUT2D eigenvalue weighted by molar-refractivity contribution is 9.09. The lowest BCUT2D eigenvalue weighted by molar-refractivity contribution is -0.141. The third-order valence-corrected chi connectivity index (χ3v) is 2.82. The molecule has 0 N–H and O–H groups in total. The number of hydrogen-bond acceptors (Lipinski definition) is 2. The van der Waals surface area contributed by atoms with Gasteiger partial charge in [-0.1, -0.05) is 29.8 Å². The van der Waals surface area contributed by atoms with Gasteiger partial charge in [-0.15, -0.1) is 0 Å². The molecule has 1 unspecified atom stereocenters. The van der Waals surface area contributed by atoms with Gasteiger partial charge in [0, 0.05) is 17.4 Å². The molecule has 0 aliphatic carbocycles. The Bertz CT molecular complexity index is 366. The van der Waals surface area contributed by atoms with E-state index in [1.807, 2.05) is 0 Å². The van der Waals surface area contributed by atoms with Crippen molar-refractivity contribution < 1.29 is 13.2 Å². The first-order chi connectivity index (χ1) is 7.79. The molecule has 0 saturated carbocycles. The Labute approximate surface area is 107 Å². The Morgan fingerprint density at radius 3 is 2.53 bits per heavy atom. The molecule has 1 aromatic heterocycles. The zero-order valence-electron chi connectivity index (χ0n) is 9.63. The standard InChI is InChI=1S/C11H14BrF3N2/c1-7(2)5-8(12)6-10-16-4-3-9(17-10)11(13,14)15/h3-4,7-8H,5-6H2,1-2H3. The molecule has 0 radical (unpaired) electrons. The number of aromatic nitrogens is 2. The first kappa shape index (κ1) is 14.4. The van der Waals surface area contributed by atoms with E-state index < -0.39 is 11.9 Å². The highest BCUT2D eigenvalue weighted by atomic mass is 79.9. The van der Waals surface area contributed by atoms with Crippen LogP contribution in [-0.2, 0) is 12.6 Å². The molecule has 0 spiro atoms. The third-order valence-electron chi connectivity index (χ3n) is 2.13. The molecule has 1 aromatic rings. The van der Waals surface area contributed by atoms with Crippen molar-refractivity contribution in [3.05, 3.63) is 23.8 Å². The summed E-state index contributed by atoms with van der Waals surface area (Å²) in [5.74, 6) is 0.701. The first-order valence-electron chi connectivity index (χ1n) is 5.32. The maximum absolute atomic E-state index is 12.4. The number of hydrogen-bond donors (Lipinski definition) is 0. The lowest BCUT2D eigenvalue weighted by atomic mass is 10.1. The van der Waals surface area contributed by atoms with Crippen molar-refractivity contribution in [2.45, 2.75) is 37.7 Å². The van der Waals surface area contributed by atoms with Gasteiger partial charge in [0.2, 0.25) is 0 Å². The van der Waals surface area contributed by atoms with Gasteiger partial charge in [-0.2, -0.15) is 13.2 Å². The van der Waals surface area contributed by atoms with Gasteiger partial charge in [0.05, 0.1) is 0 Å². The van der Waals surface area contributed by atoms with Crippen LogP contribution in [0.15, 0.2) is 12.3 Å². The Kier molecular flexibility index (Phi) is 4.91. The van der Waals surface area contributed by atoms with Gasteiger partial charge in [0.15, 0.2) is 0 Å². The van der Waals surface area contributed by atoms with Gasteiger partial charge in [-0.05, 0) is 18.4 Å². The minimum Gasteiger partial charge on any atom is -0.241 e. The van der Waals surface area contributed by atoms with Crippen LogP contribution >= 0.6 is 15.9 Å². The minimum absolute atomic E-state index is 0.103.